The van der Waals surface area contributed by atoms with Crippen LogP contribution in [-0.2, 0) is 14.9 Å². The smallest absolute Gasteiger partial charge is 0.230 e. The molecular weight excluding hydrogens is 347 g/mol. The molecule has 1 fully saturated rings. The van der Waals surface area contributed by atoms with Crippen LogP contribution in [0, 0.1) is 5.41 Å². The molecule has 0 bridgehead atoms. The van der Waals surface area contributed by atoms with E-state index in [0.717, 1.165) is 31.5 Å². The zero-order valence-corrected chi connectivity index (χ0v) is 16.2. The summed E-state index contributed by atoms with van der Waals surface area (Å²) in [5.74, 6) is -0.000360. The molecule has 1 aromatic carbocycles. The number of carbonyl (C=O) groups excluding carboxylic acids is 1. The molecule has 24 heavy (non-hydrogen) atoms. The summed E-state index contributed by atoms with van der Waals surface area (Å²) in [6.07, 6.45) is 2.02. The molecule has 0 saturated carbocycles. The minimum absolute atomic E-state index is 0. The molecule has 1 saturated heterocycles. The number of rotatable bonds is 6. The molecule has 0 unspecified atom stereocenters. The lowest BCUT2D eigenvalue weighted by molar-refractivity contribution is -0.126. The minimum Gasteiger partial charge on any atom is -0.384 e. The van der Waals surface area contributed by atoms with Crippen molar-refractivity contribution in [2.45, 2.75) is 32.1 Å². The SMILES string of the molecule is COCC1(CNC(=O)C(C)(C)c2ccccc2Cl)CCNCC1.Cl. The van der Waals surface area contributed by atoms with E-state index in [1.807, 2.05) is 38.1 Å². The Kier molecular flexibility index (Phi) is 8.00. The zero-order chi connectivity index (χ0) is 16.9. The van der Waals surface area contributed by atoms with Crippen molar-refractivity contribution < 1.29 is 9.53 Å². The second-order valence-corrected chi connectivity index (χ2v) is 7.38. The highest BCUT2D eigenvalue weighted by molar-refractivity contribution is 6.31. The van der Waals surface area contributed by atoms with Crippen LogP contribution in [0.25, 0.3) is 0 Å². The average molecular weight is 375 g/mol. The third kappa shape index (κ3) is 4.85. The second-order valence-electron chi connectivity index (χ2n) is 6.97. The Balaban J connectivity index is 0.00000288. The number of nitrogens with one attached hydrogen (secondary N) is 2. The van der Waals surface area contributed by atoms with Crippen molar-refractivity contribution in [3.63, 3.8) is 0 Å². The van der Waals surface area contributed by atoms with Crippen LogP contribution in [-0.4, -0.2) is 39.3 Å². The summed E-state index contributed by atoms with van der Waals surface area (Å²) in [4.78, 5) is 12.8. The van der Waals surface area contributed by atoms with Crippen molar-refractivity contribution in [1.82, 2.24) is 10.6 Å². The first-order valence-corrected chi connectivity index (χ1v) is 8.52. The van der Waals surface area contributed by atoms with E-state index < -0.39 is 5.41 Å². The Morgan fingerprint density at radius 3 is 2.54 bits per heavy atom. The van der Waals surface area contributed by atoms with Gasteiger partial charge in [-0.3, -0.25) is 4.79 Å². The highest BCUT2D eigenvalue weighted by Crippen LogP contribution is 2.32. The molecule has 1 aromatic rings. The number of hydrogen-bond donors (Lipinski definition) is 2. The Hall–Kier alpha value is -0.810. The van der Waals surface area contributed by atoms with Crippen LogP contribution in [0.5, 0.6) is 0 Å². The number of ether oxygens (including phenoxy) is 1. The van der Waals surface area contributed by atoms with Crippen LogP contribution in [0.15, 0.2) is 24.3 Å². The third-order valence-corrected chi connectivity index (χ3v) is 5.18. The Bertz CT molecular complexity index is 538. The van der Waals surface area contributed by atoms with E-state index in [-0.39, 0.29) is 23.7 Å². The van der Waals surface area contributed by atoms with Crippen molar-refractivity contribution in [2.75, 3.05) is 33.4 Å². The number of amides is 1. The van der Waals surface area contributed by atoms with Crippen molar-refractivity contribution in [3.05, 3.63) is 34.9 Å². The molecule has 1 heterocycles. The van der Waals surface area contributed by atoms with Gasteiger partial charge in [0.05, 0.1) is 12.0 Å². The van der Waals surface area contributed by atoms with Gasteiger partial charge in [0.15, 0.2) is 0 Å². The number of hydrogen-bond acceptors (Lipinski definition) is 3. The van der Waals surface area contributed by atoms with Gasteiger partial charge < -0.3 is 15.4 Å². The van der Waals surface area contributed by atoms with E-state index in [1.54, 1.807) is 7.11 Å². The fourth-order valence-electron chi connectivity index (χ4n) is 3.21. The van der Waals surface area contributed by atoms with Crippen LogP contribution in [0.2, 0.25) is 5.02 Å². The summed E-state index contributed by atoms with van der Waals surface area (Å²) in [5.41, 5.74) is 0.205. The van der Waals surface area contributed by atoms with Gasteiger partial charge in [-0.25, -0.2) is 0 Å². The lowest BCUT2D eigenvalue weighted by atomic mass is 9.78. The van der Waals surface area contributed by atoms with E-state index in [0.29, 0.717) is 18.2 Å². The maximum Gasteiger partial charge on any atom is 0.230 e. The molecule has 136 valence electrons. The van der Waals surface area contributed by atoms with E-state index in [4.69, 9.17) is 16.3 Å². The summed E-state index contributed by atoms with van der Waals surface area (Å²) < 4.78 is 5.41. The molecule has 4 nitrogen and oxygen atoms in total. The lowest BCUT2D eigenvalue weighted by Crippen LogP contribution is -2.50. The molecule has 0 radical (unpaired) electrons. The van der Waals surface area contributed by atoms with Crippen molar-refractivity contribution in [1.29, 1.82) is 0 Å². The number of halogens is 2. The van der Waals surface area contributed by atoms with Gasteiger partial charge in [0, 0.05) is 24.1 Å². The molecule has 1 aliphatic rings. The summed E-state index contributed by atoms with van der Waals surface area (Å²) >= 11 is 6.27. The average Bonchev–Trinajstić information content (AvgIpc) is 2.54. The molecular formula is C18H28Cl2N2O2. The normalized spacial score (nSPS) is 17.0. The fourth-order valence-corrected chi connectivity index (χ4v) is 3.59. The molecule has 6 heteroatoms. The summed E-state index contributed by atoms with van der Waals surface area (Å²) in [7, 11) is 1.72. The zero-order valence-electron chi connectivity index (χ0n) is 14.7. The molecule has 0 aliphatic carbocycles. The quantitative estimate of drug-likeness (QED) is 0.803. The maximum absolute atomic E-state index is 12.8. The van der Waals surface area contributed by atoms with E-state index in [9.17, 15) is 4.79 Å². The molecule has 1 aliphatic heterocycles. The maximum atomic E-state index is 12.8. The van der Waals surface area contributed by atoms with Gasteiger partial charge in [-0.05, 0) is 51.4 Å². The van der Waals surface area contributed by atoms with Gasteiger partial charge in [-0.1, -0.05) is 29.8 Å². The Morgan fingerprint density at radius 1 is 1.33 bits per heavy atom. The van der Waals surface area contributed by atoms with Gasteiger partial charge in [0.1, 0.15) is 0 Å². The highest BCUT2D eigenvalue weighted by Gasteiger charge is 2.36. The van der Waals surface area contributed by atoms with Gasteiger partial charge in [0.2, 0.25) is 5.91 Å². The van der Waals surface area contributed by atoms with E-state index in [1.165, 1.54) is 0 Å². The molecule has 0 spiro atoms. The molecule has 0 aromatic heterocycles. The van der Waals surface area contributed by atoms with Crippen LogP contribution in [0.1, 0.15) is 32.3 Å². The minimum atomic E-state index is -0.667. The van der Waals surface area contributed by atoms with Gasteiger partial charge in [-0.15, -0.1) is 12.4 Å². The fraction of sp³-hybridized carbons (Fsp3) is 0.611. The monoisotopic (exact) mass is 374 g/mol. The van der Waals surface area contributed by atoms with Crippen LogP contribution in [0.3, 0.4) is 0 Å². The first-order valence-electron chi connectivity index (χ1n) is 8.14. The molecule has 2 rings (SSSR count). The molecule has 1 amide bonds. The summed E-state index contributed by atoms with van der Waals surface area (Å²) in [5, 5.41) is 7.13. The lowest BCUT2D eigenvalue weighted by Gasteiger charge is -2.38. The van der Waals surface area contributed by atoms with E-state index >= 15 is 0 Å². The highest BCUT2D eigenvalue weighted by atomic mass is 35.5. The molecule has 2 N–H and O–H groups in total. The third-order valence-electron chi connectivity index (χ3n) is 4.85. The first kappa shape index (κ1) is 21.2. The van der Waals surface area contributed by atoms with Crippen LogP contribution < -0.4 is 10.6 Å². The first-order chi connectivity index (χ1) is 10.9. The van der Waals surface area contributed by atoms with Gasteiger partial charge in [-0.2, -0.15) is 0 Å². The van der Waals surface area contributed by atoms with Gasteiger partial charge in [0.25, 0.3) is 0 Å². The number of carbonyl (C=O) groups is 1. The predicted octanol–water partition coefficient (Wildman–Crippen LogP) is 3.17. The summed E-state index contributed by atoms with van der Waals surface area (Å²) in [6.45, 7) is 7.06. The molecule has 0 atom stereocenters. The van der Waals surface area contributed by atoms with Crippen molar-refractivity contribution >= 4 is 29.9 Å². The van der Waals surface area contributed by atoms with Crippen LogP contribution in [0.4, 0.5) is 0 Å². The summed E-state index contributed by atoms with van der Waals surface area (Å²) in [6, 6.07) is 7.53. The number of piperidine rings is 1. The Morgan fingerprint density at radius 2 is 1.96 bits per heavy atom. The topological polar surface area (TPSA) is 50.4 Å². The van der Waals surface area contributed by atoms with Crippen molar-refractivity contribution in [3.8, 4) is 0 Å². The van der Waals surface area contributed by atoms with Crippen LogP contribution >= 0.6 is 24.0 Å². The van der Waals surface area contributed by atoms with Gasteiger partial charge >= 0.3 is 0 Å². The largest absolute Gasteiger partial charge is 0.384 e. The number of benzene rings is 1. The number of methoxy groups -OCH3 is 1. The van der Waals surface area contributed by atoms with E-state index in [2.05, 4.69) is 10.6 Å². The standard InChI is InChI=1S/C18H27ClN2O2.ClH/c1-17(2,14-6-4-5-7-15(14)19)16(22)21-12-18(13-23-3)8-10-20-11-9-18;/h4-7,20H,8-13H2,1-3H3,(H,21,22);1H. The van der Waals surface area contributed by atoms with Crippen molar-refractivity contribution in [2.24, 2.45) is 5.41 Å². The predicted molar refractivity (Wildman–Crippen MR) is 101 cm³/mol. The Labute approximate surface area is 156 Å². The second kappa shape index (κ2) is 9.04.